The molecule has 1 aliphatic rings. The molecule has 1 amide bonds. The maximum Gasteiger partial charge on any atom is 0.293 e. The van der Waals surface area contributed by atoms with Gasteiger partial charge in [0.1, 0.15) is 5.69 Å². The van der Waals surface area contributed by atoms with Gasteiger partial charge in [0.05, 0.1) is 11.0 Å². The quantitative estimate of drug-likeness (QED) is 0.434. The first-order chi connectivity index (χ1) is 15.0. The molecule has 8 heteroatoms. The van der Waals surface area contributed by atoms with E-state index in [-0.39, 0.29) is 24.1 Å². The summed E-state index contributed by atoms with van der Waals surface area (Å²) in [7, 11) is 0. The number of nitrogens with zero attached hydrogens (tertiary/aromatic N) is 1. The van der Waals surface area contributed by atoms with Crippen molar-refractivity contribution in [3.8, 4) is 11.5 Å². The highest BCUT2D eigenvalue weighted by atomic mass is 16.7. The number of anilines is 1. The van der Waals surface area contributed by atoms with E-state index in [0.29, 0.717) is 23.7 Å². The molecule has 0 saturated carbocycles. The SMILES string of the molecule is CC(NC(=O)c1ccc(NCc2ccccc2)c([N+](=O)[O-])c1)c1ccc2c(c1)OCO2. The number of nitro benzene ring substituents is 1. The van der Waals surface area contributed by atoms with Crippen LogP contribution in [0.15, 0.2) is 66.7 Å². The molecule has 31 heavy (non-hydrogen) atoms. The molecule has 0 aliphatic carbocycles. The summed E-state index contributed by atoms with van der Waals surface area (Å²) in [5, 5.41) is 17.5. The Bertz CT molecular complexity index is 1120. The number of rotatable bonds is 7. The highest BCUT2D eigenvalue weighted by Gasteiger charge is 2.20. The van der Waals surface area contributed by atoms with Crippen molar-refractivity contribution in [1.29, 1.82) is 0 Å². The molecule has 1 atom stereocenters. The van der Waals surface area contributed by atoms with Gasteiger partial charge in [-0.05, 0) is 42.3 Å². The van der Waals surface area contributed by atoms with Crippen LogP contribution in [0.5, 0.6) is 11.5 Å². The Balaban J connectivity index is 1.47. The Kier molecular flexibility index (Phi) is 5.70. The third-order valence-corrected chi connectivity index (χ3v) is 5.03. The van der Waals surface area contributed by atoms with Gasteiger partial charge in [0.15, 0.2) is 11.5 Å². The summed E-state index contributed by atoms with van der Waals surface area (Å²) in [4.78, 5) is 23.8. The Labute approximate surface area is 179 Å². The van der Waals surface area contributed by atoms with Gasteiger partial charge in [-0.2, -0.15) is 0 Å². The van der Waals surface area contributed by atoms with E-state index in [1.54, 1.807) is 18.2 Å². The second kappa shape index (κ2) is 8.74. The number of hydrogen-bond acceptors (Lipinski definition) is 6. The number of hydrogen-bond donors (Lipinski definition) is 2. The second-order valence-corrected chi connectivity index (χ2v) is 7.14. The van der Waals surface area contributed by atoms with Crippen LogP contribution in [0, 0.1) is 10.1 Å². The summed E-state index contributed by atoms with van der Waals surface area (Å²) < 4.78 is 10.7. The zero-order chi connectivity index (χ0) is 21.8. The molecule has 2 N–H and O–H groups in total. The lowest BCUT2D eigenvalue weighted by molar-refractivity contribution is -0.384. The van der Waals surface area contributed by atoms with Gasteiger partial charge in [0, 0.05) is 18.2 Å². The zero-order valence-electron chi connectivity index (χ0n) is 16.8. The van der Waals surface area contributed by atoms with Crippen molar-refractivity contribution in [2.75, 3.05) is 12.1 Å². The molecule has 1 aliphatic heterocycles. The Hall–Kier alpha value is -4.07. The predicted molar refractivity (Wildman–Crippen MR) is 115 cm³/mol. The molecule has 1 heterocycles. The summed E-state index contributed by atoms with van der Waals surface area (Å²) >= 11 is 0. The van der Waals surface area contributed by atoms with Crippen molar-refractivity contribution in [3.05, 3.63) is 93.5 Å². The fourth-order valence-corrected chi connectivity index (χ4v) is 3.31. The predicted octanol–water partition coefficient (Wildman–Crippen LogP) is 4.43. The molecule has 8 nitrogen and oxygen atoms in total. The minimum absolute atomic E-state index is 0.153. The number of benzene rings is 3. The van der Waals surface area contributed by atoms with Crippen LogP contribution in [0.3, 0.4) is 0 Å². The maximum atomic E-state index is 12.7. The highest BCUT2D eigenvalue weighted by molar-refractivity contribution is 5.96. The molecule has 0 aromatic heterocycles. The standard InChI is InChI=1S/C23H21N3O5/c1-15(17-8-10-21-22(12-17)31-14-30-21)25-23(27)18-7-9-19(20(11-18)26(28)29)24-13-16-5-3-2-4-6-16/h2-12,15,24H,13-14H2,1H3,(H,25,27). The molecule has 3 aromatic rings. The molecule has 0 radical (unpaired) electrons. The molecule has 4 rings (SSSR count). The molecule has 1 unspecified atom stereocenters. The topological polar surface area (TPSA) is 103 Å². The number of carbonyl (C=O) groups excluding carboxylic acids is 1. The summed E-state index contributed by atoms with van der Waals surface area (Å²) in [6.07, 6.45) is 0. The van der Waals surface area contributed by atoms with Gasteiger partial charge in [0.2, 0.25) is 6.79 Å². The third-order valence-electron chi connectivity index (χ3n) is 5.03. The van der Waals surface area contributed by atoms with Gasteiger partial charge in [-0.1, -0.05) is 36.4 Å². The van der Waals surface area contributed by atoms with E-state index >= 15 is 0 Å². The number of ether oxygens (including phenoxy) is 2. The van der Waals surface area contributed by atoms with Crippen molar-refractivity contribution in [2.24, 2.45) is 0 Å². The van der Waals surface area contributed by atoms with Gasteiger partial charge in [0.25, 0.3) is 11.6 Å². The van der Waals surface area contributed by atoms with Crippen molar-refractivity contribution >= 4 is 17.3 Å². The Morgan fingerprint density at radius 2 is 1.84 bits per heavy atom. The Morgan fingerprint density at radius 3 is 2.61 bits per heavy atom. The lowest BCUT2D eigenvalue weighted by Gasteiger charge is -2.15. The van der Waals surface area contributed by atoms with E-state index in [1.165, 1.54) is 6.07 Å². The molecule has 0 saturated heterocycles. The number of amides is 1. The average molecular weight is 419 g/mol. The molecule has 158 valence electrons. The van der Waals surface area contributed by atoms with Crippen LogP contribution in [0.25, 0.3) is 0 Å². The van der Waals surface area contributed by atoms with Gasteiger partial charge >= 0.3 is 0 Å². The molecular formula is C23H21N3O5. The lowest BCUT2D eigenvalue weighted by Crippen LogP contribution is -2.26. The van der Waals surface area contributed by atoms with Gasteiger partial charge < -0.3 is 20.1 Å². The molecule has 3 aromatic carbocycles. The minimum atomic E-state index is -0.495. The second-order valence-electron chi connectivity index (χ2n) is 7.14. The van der Waals surface area contributed by atoms with Crippen LogP contribution in [0.2, 0.25) is 0 Å². The van der Waals surface area contributed by atoms with Crippen LogP contribution in [-0.2, 0) is 6.54 Å². The van der Waals surface area contributed by atoms with Gasteiger partial charge in [-0.3, -0.25) is 14.9 Å². The van der Waals surface area contributed by atoms with E-state index < -0.39 is 10.8 Å². The molecule has 0 spiro atoms. The van der Waals surface area contributed by atoms with E-state index in [4.69, 9.17) is 9.47 Å². The monoisotopic (exact) mass is 419 g/mol. The van der Waals surface area contributed by atoms with E-state index in [9.17, 15) is 14.9 Å². The van der Waals surface area contributed by atoms with Crippen molar-refractivity contribution in [3.63, 3.8) is 0 Å². The van der Waals surface area contributed by atoms with Gasteiger partial charge in [-0.25, -0.2) is 0 Å². The number of nitro groups is 1. The summed E-state index contributed by atoms with van der Waals surface area (Å²) in [6.45, 7) is 2.45. The van der Waals surface area contributed by atoms with Crippen LogP contribution in [-0.4, -0.2) is 17.6 Å². The minimum Gasteiger partial charge on any atom is -0.454 e. The normalized spacial score (nSPS) is 12.8. The molecule has 0 bridgehead atoms. The van der Waals surface area contributed by atoms with E-state index in [2.05, 4.69) is 10.6 Å². The van der Waals surface area contributed by atoms with Crippen LogP contribution in [0.4, 0.5) is 11.4 Å². The van der Waals surface area contributed by atoms with Crippen molar-refractivity contribution in [1.82, 2.24) is 5.32 Å². The van der Waals surface area contributed by atoms with E-state index in [0.717, 1.165) is 11.1 Å². The highest BCUT2D eigenvalue weighted by Crippen LogP contribution is 2.34. The van der Waals surface area contributed by atoms with E-state index in [1.807, 2.05) is 49.4 Å². The zero-order valence-corrected chi connectivity index (χ0v) is 16.8. The Morgan fingerprint density at radius 1 is 1.06 bits per heavy atom. The summed E-state index contributed by atoms with van der Waals surface area (Å²) in [6, 6.07) is 19.1. The number of nitrogens with one attached hydrogen (secondary N) is 2. The fourth-order valence-electron chi connectivity index (χ4n) is 3.31. The van der Waals surface area contributed by atoms with Crippen molar-refractivity contribution < 1.29 is 19.2 Å². The third kappa shape index (κ3) is 4.58. The maximum absolute atomic E-state index is 12.7. The van der Waals surface area contributed by atoms with Crippen LogP contribution >= 0.6 is 0 Å². The average Bonchev–Trinajstić information content (AvgIpc) is 3.26. The smallest absolute Gasteiger partial charge is 0.293 e. The van der Waals surface area contributed by atoms with Crippen LogP contribution in [0.1, 0.15) is 34.5 Å². The van der Waals surface area contributed by atoms with Crippen LogP contribution < -0.4 is 20.1 Å². The molecule has 0 fully saturated rings. The first-order valence-electron chi connectivity index (χ1n) is 9.78. The largest absolute Gasteiger partial charge is 0.454 e. The number of carbonyl (C=O) groups is 1. The first kappa shape index (κ1) is 20.2. The first-order valence-corrected chi connectivity index (χ1v) is 9.78. The van der Waals surface area contributed by atoms with Gasteiger partial charge in [-0.15, -0.1) is 0 Å². The summed E-state index contributed by atoms with van der Waals surface area (Å²) in [5.41, 5.74) is 2.25. The molecular weight excluding hydrogens is 398 g/mol. The van der Waals surface area contributed by atoms with Crippen molar-refractivity contribution in [2.45, 2.75) is 19.5 Å². The number of fused-ring (bicyclic) bond motifs is 1. The fraction of sp³-hybridized carbons (Fsp3) is 0.174. The summed E-state index contributed by atoms with van der Waals surface area (Å²) in [5.74, 6) is 0.891. The lowest BCUT2D eigenvalue weighted by atomic mass is 10.1.